The van der Waals surface area contributed by atoms with Crippen LogP contribution in [0, 0.1) is 0 Å². The fraction of sp³-hybridized carbons (Fsp3) is 0.667. The monoisotopic (exact) mass is 444 g/mol. The summed E-state index contributed by atoms with van der Waals surface area (Å²) in [5, 5.41) is 0.518. The highest BCUT2D eigenvalue weighted by molar-refractivity contribution is 8.00. The van der Waals surface area contributed by atoms with E-state index < -0.39 is 0 Å². The summed E-state index contributed by atoms with van der Waals surface area (Å²) < 4.78 is 0. The minimum Gasteiger partial charge on any atom is -0.342 e. The van der Waals surface area contributed by atoms with E-state index in [4.69, 9.17) is 0 Å². The molecule has 3 aliphatic rings. The zero-order valence-electron chi connectivity index (χ0n) is 18.8. The molecule has 7 heteroatoms. The SMILES string of the molecule is CC1CCN(C(=O)CN2CCN(CC(=O)N3CCCCCC3)CC2)c2ccccc2S1. The van der Waals surface area contributed by atoms with Crippen LogP contribution in [-0.2, 0) is 9.59 Å². The Balaban J connectivity index is 1.27. The molecule has 1 unspecified atom stereocenters. The highest BCUT2D eigenvalue weighted by Gasteiger charge is 2.27. The standard InChI is InChI=1S/C24H36N4O2S/c1-20-10-13-28(21-8-4-5-9-22(21)31-20)24(30)19-26-16-14-25(15-17-26)18-23(29)27-11-6-2-3-7-12-27/h4-5,8-9,20H,2-3,6-7,10-19H2,1H3. The van der Waals surface area contributed by atoms with Crippen molar-refractivity contribution in [2.75, 3.05) is 63.8 Å². The first kappa shape index (κ1) is 22.6. The molecule has 2 amide bonds. The van der Waals surface area contributed by atoms with E-state index in [1.165, 1.54) is 17.7 Å². The Morgan fingerprint density at radius 1 is 0.839 bits per heavy atom. The maximum absolute atomic E-state index is 13.2. The van der Waals surface area contributed by atoms with E-state index in [0.29, 0.717) is 18.3 Å². The average Bonchev–Trinajstić information content (AvgIpc) is 3.14. The lowest BCUT2D eigenvalue weighted by Crippen LogP contribution is -2.52. The minimum absolute atomic E-state index is 0.191. The van der Waals surface area contributed by atoms with Crippen molar-refractivity contribution in [2.45, 2.75) is 49.2 Å². The predicted octanol–water partition coefficient (Wildman–Crippen LogP) is 2.92. The lowest BCUT2D eigenvalue weighted by Gasteiger charge is -2.36. The lowest BCUT2D eigenvalue weighted by atomic mass is 10.2. The van der Waals surface area contributed by atoms with Gasteiger partial charge in [0.05, 0.1) is 18.8 Å². The van der Waals surface area contributed by atoms with Gasteiger partial charge in [0.1, 0.15) is 0 Å². The average molecular weight is 445 g/mol. The Hall–Kier alpha value is -1.57. The van der Waals surface area contributed by atoms with E-state index in [1.54, 1.807) is 0 Å². The molecule has 2 saturated heterocycles. The van der Waals surface area contributed by atoms with E-state index in [0.717, 1.165) is 70.8 Å². The van der Waals surface area contributed by atoms with Crippen molar-refractivity contribution in [2.24, 2.45) is 0 Å². The van der Waals surface area contributed by atoms with Crippen molar-refractivity contribution in [3.8, 4) is 0 Å². The molecule has 4 rings (SSSR count). The van der Waals surface area contributed by atoms with E-state index in [1.807, 2.05) is 22.7 Å². The topological polar surface area (TPSA) is 47.1 Å². The van der Waals surface area contributed by atoms with Crippen LogP contribution < -0.4 is 4.90 Å². The van der Waals surface area contributed by atoms with Crippen molar-refractivity contribution in [3.63, 3.8) is 0 Å². The second-order valence-electron chi connectivity index (χ2n) is 9.08. The highest BCUT2D eigenvalue weighted by atomic mass is 32.2. The Labute approximate surface area is 190 Å². The second-order valence-corrected chi connectivity index (χ2v) is 10.6. The molecule has 1 atom stereocenters. The number of likely N-dealkylation sites (tertiary alicyclic amines) is 1. The maximum atomic E-state index is 13.2. The number of carbonyl (C=O) groups excluding carboxylic acids is 2. The van der Waals surface area contributed by atoms with Crippen LogP contribution in [0.25, 0.3) is 0 Å². The predicted molar refractivity (Wildman–Crippen MR) is 127 cm³/mol. The number of para-hydroxylation sites is 1. The number of hydrogen-bond donors (Lipinski definition) is 0. The Morgan fingerprint density at radius 2 is 1.45 bits per heavy atom. The lowest BCUT2D eigenvalue weighted by molar-refractivity contribution is -0.133. The molecule has 0 aromatic heterocycles. The fourth-order valence-corrected chi connectivity index (χ4v) is 5.85. The molecular formula is C24H36N4O2S. The van der Waals surface area contributed by atoms with Gasteiger partial charge in [-0.05, 0) is 31.4 Å². The van der Waals surface area contributed by atoms with Gasteiger partial charge in [0, 0.05) is 56.0 Å². The van der Waals surface area contributed by atoms with Gasteiger partial charge in [0.2, 0.25) is 11.8 Å². The summed E-state index contributed by atoms with van der Waals surface area (Å²) in [6.45, 7) is 9.25. The first-order valence-corrected chi connectivity index (χ1v) is 12.8. The van der Waals surface area contributed by atoms with Gasteiger partial charge >= 0.3 is 0 Å². The number of benzene rings is 1. The van der Waals surface area contributed by atoms with Crippen molar-refractivity contribution in [1.82, 2.24) is 14.7 Å². The molecule has 170 valence electrons. The molecule has 6 nitrogen and oxygen atoms in total. The molecule has 0 saturated carbocycles. The van der Waals surface area contributed by atoms with Crippen molar-refractivity contribution < 1.29 is 9.59 Å². The number of piperazine rings is 1. The molecular weight excluding hydrogens is 408 g/mol. The molecule has 0 bridgehead atoms. The van der Waals surface area contributed by atoms with Crippen molar-refractivity contribution in [3.05, 3.63) is 24.3 Å². The van der Waals surface area contributed by atoms with Crippen LogP contribution in [0.3, 0.4) is 0 Å². The number of anilines is 1. The number of rotatable bonds is 4. The first-order valence-electron chi connectivity index (χ1n) is 11.9. The zero-order chi connectivity index (χ0) is 21.6. The van der Waals surface area contributed by atoms with Gasteiger partial charge in [0.15, 0.2) is 0 Å². The number of fused-ring (bicyclic) bond motifs is 1. The van der Waals surface area contributed by atoms with Crippen LogP contribution in [-0.4, -0.2) is 90.7 Å². The summed E-state index contributed by atoms with van der Waals surface area (Å²) in [5.41, 5.74) is 1.06. The smallest absolute Gasteiger partial charge is 0.241 e. The number of amides is 2. The summed E-state index contributed by atoms with van der Waals surface area (Å²) in [6, 6.07) is 8.28. The van der Waals surface area contributed by atoms with Crippen LogP contribution in [0.2, 0.25) is 0 Å². The maximum Gasteiger partial charge on any atom is 0.241 e. The second kappa shape index (κ2) is 10.8. The Kier molecular flexibility index (Phi) is 7.91. The summed E-state index contributed by atoms with van der Waals surface area (Å²) in [7, 11) is 0. The van der Waals surface area contributed by atoms with E-state index in [-0.39, 0.29) is 11.8 Å². The van der Waals surface area contributed by atoms with Gasteiger partial charge in [-0.15, -0.1) is 11.8 Å². The quantitative estimate of drug-likeness (QED) is 0.715. The third-order valence-electron chi connectivity index (χ3n) is 6.69. The van der Waals surface area contributed by atoms with Crippen LogP contribution in [0.1, 0.15) is 39.0 Å². The van der Waals surface area contributed by atoms with Gasteiger partial charge in [-0.25, -0.2) is 0 Å². The van der Waals surface area contributed by atoms with Crippen LogP contribution >= 0.6 is 11.8 Å². The molecule has 2 fully saturated rings. The van der Waals surface area contributed by atoms with E-state index in [2.05, 4.69) is 39.8 Å². The van der Waals surface area contributed by atoms with Gasteiger partial charge < -0.3 is 9.80 Å². The molecule has 0 aliphatic carbocycles. The van der Waals surface area contributed by atoms with Crippen LogP contribution in [0.15, 0.2) is 29.2 Å². The normalized spacial score (nSPS) is 23.7. The van der Waals surface area contributed by atoms with E-state index in [9.17, 15) is 9.59 Å². The Bertz CT molecular complexity index is 758. The highest BCUT2D eigenvalue weighted by Crippen LogP contribution is 2.37. The van der Waals surface area contributed by atoms with Gasteiger partial charge in [-0.1, -0.05) is 31.9 Å². The minimum atomic E-state index is 0.191. The summed E-state index contributed by atoms with van der Waals surface area (Å²) >= 11 is 1.87. The van der Waals surface area contributed by atoms with Gasteiger partial charge in [0.25, 0.3) is 0 Å². The Morgan fingerprint density at radius 3 is 2.13 bits per heavy atom. The third kappa shape index (κ3) is 6.02. The van der Waals surface area contributed by atoms with Gasteiger partial charge in [-0.2, -0.15) is 0 Å². The van der Waals surface area contributed by atoms with Gasteiger partial charge in [-0.3, -0.25) is 19.4 Å². The molecule has 0 radical (unpaired) electrons. The molecule has 0 N–H and O–H groups in total. The summed E-state index contributed by atoms with van der Waals surface area (Å²) in [6.07, 6.45) is 5.78. The fourth-order valence-electron chi connectivity index (χ4n) is 4.74. The summed E-state index contributed by atoms with van der Waals surface area (Å²) in [4.78, 5) is 35.6. The number of carbonyl (C=O) groups is 2. The van der Waals surface area contributed by atoms with Crippen molar-refractivity contribution >= 4 is 29.3 Å². The number of hydrogen-bond acceptors (Lipinski definition) is 5. The van der Waals surface area contributed by atoms with Crippen molar-refractivity contribution in [1.29, 1.82) is 0 Å². The molecule has 1 aromatic rings. The molecule has 3 heterocycles. The largest absolute Gasteiger partial charge is 0.342 e. The zero-order valence-corrected chi connectivity index (χ0v) is 19.6. The van der Waals surface area contributed by atoms with Crippen LogP contribution in [0.5, 0.6) is 0 Å². The first-order chi connectivity index (χ1) is 15.1. The van der Waals surface area contributed by atoms with E-state index >= 15 is 0 Å². The molecule has 3 aliphatic heterocycles. The number of thioether (sulfide) groups is 1. The molecule has 0 spiro atoms. The number of nitrogens with zero attached hydrogens (tertiary/aromatic N) is 4. The van der Waals surface area contributed by atoms with Crippen LogP contribution in [0.4, 0.5) is 5.69 Å². The summed E-state index contributed by atoms with van der Waals surface area (Å²) in [5.74, 6) is 0.468. The molecule has 31 heavy (non-hydrogen) atoms. The third-order valence-corrected chi connectivity index (χ3v) is 7.92. The molecule has 1 aromatic carbocycles.